The van der Waals surface area contributed by atoms with Crippen molar-refractivity contribution < 1.29 is 14.3 Å². The quantitative estimate of drug-likeness (QED) is 0.643. The van der Waals surface area contributed by atoms with Gasteiger partial charge in [0.1, 0.15) is 24.8 Å². The Morgan fingerprint density at radius 2 is 2.04 bits per heavy atom. The van der Waals surface area contributed by atoms with Gasteiger partial charge < -0.3 is 19.7 Å². The van der Waals surface area contributed by atoms with Crippen LogP contribution in [0.5, 0.6) is 5.88 Å². The van der Waals surface area contributed by atoms with Crippen LogP contribution in [0.2, 0.25) is 0 Å². The number of carbonyl (C=O) groups is 1. The molecule has 0 bridgehead atoms. The molecule has 1 aliphatic heterocycles. The number of hydrogen-bond donors (Lipinski definition) is 1. The minimum atomic E-state index is -0.288. The molecule has 2 aromatic rings. The van der Waals surface area contributed by atoms with E-state index in [1.54, 1.807) is 13.0 Å². The van der Waals surface area contributed by atoms with Crippen LogP contribution < -0.4 is 20.5 Å². The third-order valence-electron chi connectivity index (χ3n) is 4.14. The molecule has 28 heavy (non-hydrogen) atoms. The molecule has 1 fully saturated rings. The number of ether oxygens (including phenoxy) is 2. The first-order valence-corrected chi connectivity index (χ1v) is 9.12. The van der Waals surface area contributed by atoms with E-state index in [0.717, 1.165) is 18.9 Å². The molecule has 0 unspecified atom stereocenters. The van der Waals surface area contributed by atoms with E-state index in [-0.39, 0.29) is 24.6 Å². The Hall–Kier alpha value is -3.01. The molecule has 3 rings (SSSR count). The molecule has 0 radical (unpaired) electrons. The van der Waals surface area contributed by atoms with Crippen molar-refractivity contribution in [1.82, 2.24) is 24.8 Å². The fourth-order valence-electron chi connectivity index (χ4n) is 2.75. The first-order chi connectivity index (χ1) is 13.5. The van der Waals surface area contributed by atoms with Crippen LogP contribution in [0.25, 0.3) is 0 Å². The average Bonchev–Trinajstić information content (AvgIpc) is 2.68. The Labute approximate surface area is 162 Å². The molecule has 1 saturated heterocycles. The van der Waals surface area contributed by atoms with Gasteiger partial charge in [0.25, 0.3) is 5.56 Å². The zero-order valence-electron chi connectivity index (χ0n) is 16.1. The van der Waals surface area contributed by atoms with E-state index in [0.29, 0.717) is 37.2 Å². The third-order valence-corrected chi connectivity index (χ3v) is 4.14. The van der Waals surface area contributed by atoms with Crippen molar-refractivity contribution >= 4 is 11.7 Å². The van der Waals surface area contributed by atoms with Crippen LogP contribution in [0.1, 0.15) is 11.5 Å². The second-order valence-corrected chi connectivity index (χ2v) is 6.41. The zero-order chi connectivity index (χ0) is 19.9. The fraction of sp³-hybridized carbons (Fsp3) is 0.500. The summed E-state index contributed by atoms with van der Waals surface area (Å²) in [6.45, 7) is 6.90. The molecule has 2 aromatic heterocycles. The highest BCUT2D eigenvalue weighted by Gasteiger charge is 2.14. The number of anilines is 1. The number of carbonyl (C=O) groups excluding carboxylic acids is 1. The molecule has 10 heteroatoms. The minimum Gasteiger partial charge on any atom is -0.476 e. The number of amides is 1. The molecule has 0 aromatic carbocycles. The van der Waals surface area contributed by atoms with E-state index >= 15 is 0 Å². The topological polar surface area (TPSA) is 111 Å². The van der Waals surface area contributed by atoms with E-state index < -0.39 is 0 Å². The predicted octanol–water partition coefficient (Wildman–Crippen LogP) is -0.318. The molecule has 10 nitrogen and oxygen atoms in total. The normalized spacial score (nSPS) is 14.0. The lowest BCUT2D eigenvalue weighted by atomic mass is 10.4. The molecule has 0 saturated carbocycles. The smallest absolute Gasteiger partial charge is 0.253 e. The summed E-state index contributed by atoms with van der Waals surface area (Å²) in [5, 5.41) is 2.71. The molecule has 150 valence electrons. The van der Waals surface area contributed by atoms with Gasteiger partial charge in [-0.25, -0.2) is 9.97 Å². The van der Waals surface area contributed by atoms with Crippen molar-refractivity contribution in [3.63, 3.8) is 0 Å². The minimum absolute atomic E-state index is 0.0834. The molecule has 0 aliphatic carbocycles. The van der Waals surface area contributed by atoms with Gasteiger partial charge in [-0.15, -0.1) is 0 Å². The first kappa shape index (κ1) is 19.7. The first-order valence-electron chi connectivity index (χ1n) is 9.12. The summed E-state index contributed by atoms with van der Waals surface area (Å²) in [6.07, 6.45) is 1.37. The number of nitrogens with zero attached hydrogens (tertiary/aromatic N) is 5. The lowest BCUT2D eigenvalue weighted by Gasteiger charge is -2.28. The highest BCUT2D eigenvalue weighted by molar-refractivity contribution is 5.75. The van der Waals surface area contributed by atoms with Crippen LogP contribution in [-0.2, 0) is 16.1 Å². The van der Waals surface area contributed by atoms with E-state index in [2.05, 4.69) is 25.2 Å². The van der Waals surface area contributed by atoms with Crippen molar-refractivity contribution in [2.45, 2.75) is 20.4 Å². The van der Waals surface area contributed by atoms with Gasteiger partial charge in [-0.1, -0.05) is 0 Å². The Morgan fingerprint density at radius 1 is 1.25 bits per heavy atom. The molecule has 3 heterocycles. The van der Waals surface area contributed by atoms with Crippen molar-refractivity contribution in [2.24, 2.45) is 0 Å². The standard InChI is InChI=1S/C18H24N6O4/c1-13-9-18(26)24(12-20-13)11-16(25)19-3-6-28-17-10-15(21-14(2)22-17)23-4-7-27-8-5-23/h9-10,12H,3-8,11H2,1-2H3,(H,19,25). The lowest BCUT2D eigenvalue weighted by Crippen LogP contribution is -2.37. The maximum Gasteiger partial charge on any atom is 0.253 e. The van der Waals surface area contributed by atoms with Gasteiger partial charge in [0.15, 0.2) is 0 Å². The second-order valence-electron chi connectivity index (χ2n) is 6.41. The predicted molar refractivity (Wildman–Crippen MR) is 102 cm³/mol. The largest absolute Gasteiger partial charge is 0.476 e. The SMILES string of the molecule is Cc1cc(=O)n(CC(=O)NCCOc2cc(N3CCOCC3)nc(C)n2)cn1. The highest BCUT2D eigenvalue weighted by Crippen LogP contribution is 2.18. The maximum atomic E-state index is 12.0. The van der Waals surface area contributed by atoms with Gasteiger partial charge in [0.05, 0.1) is 26.1 Å². The number of aryl methyl sites for hydroxylation is 2. The van der Waals surface area contributed by atoms with Gasteiger partial charge in [-0.2, -0.15) is 4.98 Å². The third kappa shape index (κ3) is 5.49. The van der Waals surface area contributed by atoms with Gasteiger partial charge in [-0.05, 0) is 13.8 Å². The van der Waals surface area contributed by atoms with Gasteiger partial charge in [-0.3, -0.25) is 14.2 Å². The van der Waals surface area contributed by atoms with Crippen LogP contribution in [0.3, 0.4) is 0 Å². The molecule has 0 spiro atoms. The number of morpholine rings is 1. The van der Waals surface area contributed by atoms with E-state index in [9.17, 15) is 9.59 Å². The molecular formula is C18H24N6O4. The van der Waals surface area contributed by atoms with Crippen molar-refractivity contribution in [3.05, 3.63) is 40.3 Å². The van der Waals surface area contributed by atoms with Crippen LogP contribution in [-0.4, -0.2) is 64.9 Å². The van der Waals surface area contributed by atoms with Gasteiger partial charge in [0, 0.05) is 30.9 Å². The Bertz CT molecular complexity index is 879. The second kappa shape index (κ2) is 9.27. The monoisotopic (exact) mass is 388 g/mol. The summed E-state index contributed by atoms with van der Waals surface area (Å²) < 4.78 is 12.3. The Kier molecular flexibility index (Phi) is 6.53. The average molecular weight is 388 g/mol. The van der Waals surface area contributed by atoms with Gasteiger partial charge >= 0.3 is 0 Å². The summed E-state index contributed by atoms with van der Waals surface area (Å²) >= 11 is 0. The van der Waals surface area contributed by atoms with Crippen LogP contribution in [0.4, 0.5) is 5.82 Å². The zero-order valence-corrected chi connectivity index (χ0v) is 16.1. The summed E-state index contributed by atoms with van der Waals surface area (Å²) in [6, 6.07) is 3.18. The van der Waals surface area contributed by atoms with Crippen LogP contribution >= 0.6 is 0 Å². The number of nitrogens with one attached hydrogen (secondary N) is 1. The van der Waals surface area contributed by atoms with Crippen molar-refractivity contribution in [3.8, 4) is 5.88 Å². The highest BCUT2D eigenvalue weighted by atomic mass is 16.5. The van der Waals surface area contributed by atoms with E-state index in [1.165, 1.54) is 17.0 Å². The summed E-state index contributed by atoms with van der Waals surface area (Å²) in [4.78, 5) is 38.6. The lowest BCUT2D eigenvalue weighted by molar-refractivity contribution is -0.121. The van der Waals surface area contributed by atoms with E-state index in [4.69, 9.17) is 9.47 Å². The van der Waals surface area contributed by atoms with Crippen molar-refractivity contribution in [2.75, 3.05) is 44.4 Å². The molecule has 1 amide bonds. The number of aromatic nitrogens is 4. The maximum absolute atomic E-state index is 12.0. The van der Waals surface area contributed by atoms with E-state index in [1.807, 2.05) is 6.92 Å². The van der Waals surface area contributed by atoms with Crippen LogP contribution in [0, 0.1) is 13.8 Å². The summed E-state index contributed by atoms with van der Waals surface area (Å²) in [5.41, 5.74) is 0.359. The van der Waals surface area contributed by atoms with Crippen LogP contribution in [0.15, 0.2) is 23.3 Å². The summed E-state index contributed by atoms with van der Waals surface area (Å²) in [7, 11) is 0. The molecule has 1 N–H and O–H groups in total. The Morgan fingerprint density at radius 3 is 2.79 bits per heavy atom. The molecule has 1 aliphatic rings. The summed E-state index contributed by atoms with van der Waals surface area (Å²) in [5.74, 6) is 1.60. The molecular weight excluding hydrogens is 364 g/mol. The van der Waals surface area contributed by atoms with Crippen molar-refractivity contribution in [1.29, 1.82) is 0 Å². The number of rotatable bonds is 7. The fourth-order valence-corrected chi connectivity index (χ4v) is 2.75. The molecule has 0 atom stereocenters. The Balaban J connectivity index is 1.47. The number of hydrogen-bond acceptors (Lipinski definition) is 8. The van der Waals surface area contributed by atoms with Gasteiger partial charge in [0.2, 0.25) is 11.8 Å².